The van der Waals surface area contributed by atoms with E-state index >= 15 is 0 Å². The van der Waals surface area contributed by atoms with Gasteiger partial charge in [-0.1, -0.05) is 19.3 Å². The summed E-state index contributed by atoms with van der Waals surface area (Å²) in [5.74, 6) is -0.805. The normalized spacial score (nSPS) is 22.8. The Kier molecular flexibility index (Phi) is 3.51. The summed E-state index contributed by atoms with van der Waals surface area (Å²) in [5, 5.41) is 0. The van der Waals surface area contributed by atoms with E-state index in [4.69, 9.17) is 6.85 Å². The molecule has 4 nitrogen and oxygen atoms in total. The van der Waals surface area contributed by atoms with E-state index in [-0.39, 0.29) is 5.82 Å². The molecular weight excluding hydrogens is 250 g/mol. The van der Waals surface area contributed by atoms with Crippen LogP contribution < -0.4 is 4.90 Å². The third kappa shape index (κ3) is 3.79. The van der Waals surface area contributed by atoms with Gasteiger partial charge in [0.15, 0.2) is 0 Å². The highest BCUT2D eigenvalue weighted by Crippen LogP contribution is 2.17. The van der Waals surface area contributed by atoms with Crippen LogP contribution in [0.25, 0.3) is 0 Å². The van der Waals surface area contributed by atoms with Gasteiger partial charge in [-0.05, 0) is 45.0 Å². The second-order valence-corrected chi connectivity index (χ2v) is 5.20. The molecule has 4 heteroatoms. The van der Waals surface area contributed by atoms with Crippen molar-refractivity contribution < 1.29 is 11.6 Å². The highest BCUT2D eigenvalue weighted by molar-refractivity contribution is 5.92. The van der Waals surface area contributed by atoms with Gasteiger partial charge in [0.05, 0.1) is 0 Å². The first-order valence-corrected chi connectivity index (χ1v) is 7.11. The first-order valence-electron chi connectivity index (χ1n) is 9.61. The van der Waals surface area contributed by atoms with E-state index in [1.54, 1.807) is 25.1 Å². The minimum atomic E-state index is -3.04. The van der Waals surface area contributed by atoms with Gasteiger partial charge in [0.1, 0.15) is 5.82 Å². The third-order valence-corrected chi connectivity index (χ3v) is 3.63. The first-order chi connectivity index (χ1) is 11.6. The molecule has 1 atom stereocenters. The zero-order valence-corrected chi connectivity index (χ0v) is 11.9. The van der Waals surface area contributed by atoms with Crippen LogP contribution >= 0.6 is 0 Å². The van der Waals surface area contributed by atoms with E-state index in [1.807, 2.05) is 0 Å². The largest absolute Gasteiger partial charge is 0.301 e. The number of piperidine rings is 1. The summed E-state index contributed by atoms with van der Waals surface area (Å²) in [7, 11) is 0. The summed E-state index contributed by atoms with van der Waals surface area (Å²) in [6.07, 6.45) is 1.92. The monoisotopic (exact) mass is 280 g/mol. The minimum Gasteiger partial charge on any atom is -0.301 e. The van der Waals surface area contributed by atoms with Crippen LogP contribution in [0.1, 0.15) is 46.3 Å². The van der Waals surface area contributed by atoms with Crippen molar-refractivity contribution in [2.75, 3.05) is 24.5 Å². The van der Waals surface area contributed by atoms with E-state index in [0.29, 0.717) is 6.54 Å². The van der Waals surface area contributed by atoms with Crippen LogP contribution in [0.4, 0.5) is 5.82 Å². The lowest BCUT2D eigenvalue weighted by Gasteiger charge is -2.34. The summed E-state index contributed by atoms with van der Waals surface area (Å²) >= 11 is 0. The molecule has 0 aliphatic carbocycles. The van der Waals surface area contributed by atoms with Crippen molar-refractivity contribution in [1.29, 1.82) is 0 Å². The molecule has 0 spiro atoms. The second kappa shape index (κ2) is 7.39. The Morgan fingerprint density at radius 3 is 2.95 bits per heavy atom. The number of aromatic nitrogens is 1. The van der Waals surface area contributed by atoms with Crippen LogP contribution in [0, 0.1) is 0 Å². The standard InChI is InChI=1S/C16H25N3O/c1-3-16(20)19(15-9-5-6-10-17-15)14(2)13-18-11-7-4-8-12-18/h5-6,9-10,14H,3-4,7-8,11-13H2,1-2H3/i1D3,3D2. The number of likely N-dealkylation sites (tertiary alicyclic amines) is 1. The number of carbonyl (C=O) groups is 1. The van der Waals surface area contributed by atoms with Crippen molar-refractivity contribution in [3.63, 3.8) is 0 Å². The number of pyridine rings is 1. The van der Waals surface area contributed by atoms with E-state index in [9.17, 15) is 4.79 Å². The van der Waals surface area contributed by atoms with Gasteiger partial charge in [0.2, 0.25) is 5.91 Å². The second-order valence-electron chi connectivity index (χ2n) is 5.20. The molecule has 1 amide bonds. The molecule has 1 aliphatic rings. The van der Waals surface area contributed by atoms with Gasteiger partial charge in [-0.15, -0.1) is 0 Å². The van der Waals surface area contributed by atoms with E-state index in [1.165, 1.54) is 17.5 Å². The van der Waals surface area contributed by atoms with Crippen LogP contribution in [0.15, 0.2) is 24.4 Å². The van der Waals surface area contributed by atoms with E-state index in [2.05, 4.69) is 9.88 Å². The lowest BCUT2D eigenvalue weighted by molar-refractivity contribution is -0.118. The molecule has 0 N–H and O–H groups in total. The molecule has 2 heterocycles. The number of carbonyl (C=O) groups excluding carboxylic acids is 1. The molecule has 0 radical (unpaired) electrons. The molecular formula is C16H25N3O. The fourth-order valence-corrected chi connectivity index (χ4v) is 2.68. The Bertz CT molecular complexity index is 573. The number of hydrogen-bond acceptors (Lipinski definition) is 3. The molecule has 20 heavy (non-hydrogen) atoms. The molecule has 0 aromatic carbocycles. The Labute approximate surface area is 128 Å². The summed E-state index contributed by atoms with van der Waals surface area (Å²) in [4.78, 5) is 20.4. The molecule has 0 bridgehead atoms. The van der Waals surface area contributed by atoms with Crippen molar-refractivity contribution in [1.82, 2.24) is 9.88 Å². The Morgan fingerprint density at radius 1 is 1.50 bits per heavy atom. The number of anilines is 1. The predicted octanol–water partition coefficient (Wildman–Crippen LogP) is 2.70. The summed E-state index contributed by atoms with van der Waals surface area (Å²) in [5.41, 5.74) is 0. The minimum absolute atomic E-state index is 0.269. The maximum absolute atomic E-state index is 12.8. The maximum Gasteiger partial charge on any atom is 0.228 e. The molecule has 1 aliphatic heterocycles. The Morgan fingerprint density at radius 2 is 2.30 bits per heavy atom. The SMILES string of the molecule is [2H]C([2H])([2H])C([2H])([2H])C(=O)N(c1ccccn1)C(C)CN1CCCCC1. The van der Waals surface area contributed by atoms with E-state index in [0.717, 1.165) is 25.9 Å². The van der Waals surface area contributed by atoms with Gasteiger partial charge in [-0.2, -0.15) is 0 Å². The topological polar surface area (TPSA) is 36.4 Å². The zero-order chi connectivity index (χ0) is 18.7. The fourth-order valence-electron chi connectivity index (χ4n) is 2.68. The summed E-state index contributed by atoms with van der Waals surface area (Å²) < 4.78 is 37.9. The Balaban J connectivity index is 2.28. The van der Waals surface area contributed by atoms with Crippen LogP contribution in [-0.4, -0.2) is 41.5 Å². The van der Waals surface area contributed by atoms with Gasteiger partial charge in [-0.3, -0.25) is 9.69 Å². The molecule has 2 rings (SSSR count). The molecule has 1 aromatic heterocycles. The van der Waals surface area contributed by atoms with Crippen molar-refractivity contribution >= 4 is 11.7 Å². The van der Waals surface area contributed by atoms with E-state index < -0.39 is 25.2 Å². The number of amides is 1. The van der Waals surface area contributed by atoms with Crippen molar-refractivity contribution in [3.05, 3.63) is 24.4 Å². The molecule has 1 fully saturated rings. The predicted molar refractivity (Wildman–Crippen MR) is 81.8 cm³/mol. The molecule has 110 valence electrons. The third-order valence-electron chi connectivity index (χ3n) is 3.63. The number of nitrogens with zero attached hydrogens (tertiary/aromatic N) is 3. The lowest BCUT2D eigenvalue weighted by Crippen LogP contribution is -2.47. The first kappa shape index (κ1) is 9.50. The Hall–Kier alpha value is -1.42. The lowest BCUT2D eigenvalue weighted by atomic mass is 10.1. The molecule has 1 saturated heterocycles. The van der Waals surface area contributed by atoms with Gasteiger partial charge in [0, 0.05) is 32.0 Å². The quantitative estimate of drug-likeness (QED) is 0.832. The van der Waals surface area contributed by atoms with Crippen LogP contribution in [0.5, 0.6) is 0 Å². The van der Waals surface area contributed by atoms with Crippen molar-refractivity contribution in [2.45, 2.75) is 45.5 Å². The zero-order valence-electron chi connectivity index (χ0n) is 16.9. The summed E-state index contributed by atoms with van der Waals surface area (Å²) in [6.45, 7) is 1.18. The molecule has 0 saturated carbocycles. The van der Waals surface area contributed by atoms with Crippen molar-refractivity contribution in [3.8, 4) is 0 Å². The van der Waals surface area contributed by atoms with Crippen molar-refractivity contribution in [2.24, 2.45) is 0 Å². The number of rotatable bonds is 5. The fraction of sp³-hybridized carbons (Fsp3) is 0.625. The average molecular weight is 280 g/mol. The molecule has 1 aromatic rings. The highest BCUT2D eigenvalue weighted by atomic mass is 16.2. The maximum atomic E-state index is 12.8. The van der Waals surface area contributed by atoms with Gasteiger partial charge >= 0.3 is 0 Å². The van der Waals surface area contributed by atoms with Crippen LogP contribution in [0.3, 0.4) is 0 Å². The smallest absolute Gasteiger partial charge is 0.228 e. The highest BCUT2D eigenvalue weighted by Gasteiger charge is 2.24. The number of hydrogen-bond donors (Lipinski definition) is 0. The van der Waals surface area contributed by atoms with Crippen LogP contribution in [0.2, 0.25) is 0 Å². The average Bonchev–Trinajstić information content (AvgIpc) is 2.55. The molecule has 1 unspecified atom stereocenters. The van der Waals surface area contributed by atoms with Gasteiger partial charge in [0.25, 0.3) is 0 Å². The van der Waals surface area contributed by atoms with Gasteiger partial charge in [-0.25, -0.2) is 4.98 Å². The summed E-state index contributed by atoms with van der Waals surface area (Å²) in [6, 6.07) is 4.60. The van der Waals surface area contributed by atoms with Gasteiger partial charge < -0.3 is 4.90 Å². The van der Waals surface area contributed by atoms with Crippen LogP contribution in [-0.2, 0) is 4.79 Å².